The largest absolute Gasteiger partial charge is 0.388 e. The number of rotatable bonds is 2. The monoisotopic (exact) mass is 225 g/mol. The van der Waals surface area contributed by atoms with Gasteiger partial charge in [0, 0.05) is 13.1 Å². The molecule has 1 aliphatic rings. The van der Waals surface area contributed by atoms with E-state index in [1.807, 2.05) is 16.8 Å². The second kappa shape index (κ2) is 3.94. The quantitative estimate of drug-likeness (QED) is 0.823. The standard InChI is InChI=1S/C11H15NO2S/c1-11(14)3-4-12(8-11)10(13)6-9-2-5-15-7-9/h2,5,7,14H,3-4,6,8H2,1H3. The lowest BCUT2D eigenvalue weighted by Crippen LogP contribution is -2.34. The molecular weight excluding hydrogens is 210 g/mol. The number of thiophene rings is 1. The van der Waals surface area contributed by atoms with E-state index in [0.29, 0.717) is 25.9 Å². The molecule has 4 heteroatoms. The second-order valence-electron chi connectivity index (χ2n) is 4.37. The molecule has 0 aliphatic carbocycles. The van der Waals surface area contributed by atoms with Gasteiger partial charge in [0.2, 0.25) is 5.91 Å². The van der Waals surface area contributed by atoms with Crippen molar-refractivity contribution in [3.05, 3.63) is 22.4 Å². The number of carbonyl (C=O) groups excluding carboxylic acids is 1. The van der Waals surface area contributed by atoms with Crippen LogP contribution in [0.5, 0.6) is 0 Å². The molecule has 0 saturated carbocycles. The molecule has 1 unspecified atom stereocenters. The third kappa shape index (κ3) is 2.58. The molecule has 15 heavy (non-hydrogen) atoms. The van der Waals surface area contributed by atoms with Gasteiger partial charge in [-0.05, 0) is 35.7 Å². The van der Waals surface area contributed by atoms with Gasteiger partial charge < -0.3 is 10.0 Å². The Kier molecular flexibility index (Phi) is 2.80. The van der Waals surface area contributed by atoms with Crippen molar-refractivity contribution in [2.45, 2.75) is 25.4 Å². The van der Waals surface area contributed by atoms with Gasteiger partial charge >= 0.3 is 0 Å². The van der Waals surface area contributed by atoms with Crippen molar-refractivity contribution in [1.82, 2.24) is 4.90 Å². The summed E-state index contributed by atoms with van der Waals surface area (Å²) in [5.41, 5.74) is 0.376. The van der Waals surface area contributed by atoms with Gasteiger partial charge in [-0.3, -0.25) is 4.79 Å². The maximum Gasteiger partial charge on any atom is 0.227 e. The van der Waals surface area contributed by atoms with Crippen molar-refractivity contribution in [1.29, 1.82) is 0 Å². The first-order valence-electron chi connectivity index (χ1n) is 5.08. The predicted octanol–water partition coefficient (Wildman–Crippen LogP) is 1.27. The van der Waals surface area contributed by atoms with Gasteiger partial charge in [0.1, 0.15) is 0 Å². The molecule has 2 rings (SSSR count). The van der Waals surface area contributed by atoms with E-state index in [1.54, 1.807) is 23.2 Å². The van der Waals surface area contributed by atoms with Crippen LogP contribution in [-0.2, 0) is 11.2 Å². The van der Waals surface area contributed by atoms with Crippen molar-refractivity contribution in [3.8, 4) is 0 Å². The van der Waals surface area contributed by atoms with E-state index in [1.165, 1.54) is 0 Å². The Morgan fingerprint density at radius 2 is 2.53 bits per heavy atom. The third-order valence-electron chi connectivity index (χ3n) is 2.74. The van der Waals surface area contributed by atoms with Crippen LogP contribution >= 0.6 is 11.3 Å². The maximum absolute atomic E-state index is 11.8. The lowest BCUT2D eigenvalue weighted by Gasteiger charge is -2.18. The molecule has 0 spiro atoms. The van der Waals surface area contributed by atoms with Gasteiger partial charge in [-0.2, -0.15) is 11.3 Å². The average Bonchev–Trinajstić information content (AvgIpc) is 2.74. The fraction of sp³-hybridized carbons (Fsp3) is 0.545. The fourth-order valence-corrected chi connectivity index (χ4v) is 2.51. The van der Waals surface area contributed by atoms with Gasteiger partial charge in [0.25, 0.3) is 0 Å². The van der Waals surface area contributed by atoms with Gasteiger partial charge in [-0.1, -0.05) is 0 Å². The Bertz CT molecular complexity index is 345. The lowest BCUT2D eigenvalue weighted by atomic mass is 10.1. The van der Waals surface area contributed by atoms with Crippen molar-refractivity contribution < 1.29 is 9.90 Å². The summed E-state index contributed by atoms with van der Waals surface area (Å²) >= 11 is 1.60. The predicted molar refractivity (Wildman–Crippen MR) is 59.8 cm³/mol. The first kappa shape index (κ1) is 10.6. The summed E-state index contributed by atoms with van der Waals surface area (Å²) in [5.74, 6) is 0.117. The molecule has 3 nitrogen and oxygen atoms in total. The van der Waals surface area contributed by atoms with E-state index in [2.05, 4.69) is 0 Å². The molecule has 0 aromatic carbocycles. The minimum atomic E-state index is -0.690. The number of β-amino-alcohol motifs (C(OH)–C–C–N with tert-alkyl or cyclic N) is 1. The van der Waals surface area contributed by atoms with Gasteiger partial charge in [0.05, 0.1) is 12.0 Å². The number of likely N-dealkylation sites (tertiary alicyclic amines) is 1. The molecule has 1 aromatic heterocycles. The Labute approximate surface area is 93.3 Å². The van der Waals surface area contributed by atoms with Gasteiger partial charge in [-0.25, -0.2) is 0 Å². The van der Waals surface area contributed by atoms with Gasteiger partial charge in [0.15, 0.2) is 0 Å². The van der Waals surface area contributed by atoms with E-state index in [-0.39, 0.29) is 5.91 Å². The molecule has 1 saturated heterocycles. The lowest BCUT2D eigenvalue weighted by molar-refractivity contribution is -0.130. The number of hydrogen-bond acceptors (Lipinski definition) is 3. The normalized spacial score (nSPS) is 25.9. The highest BCUT2D eigenvalue weighted by molar-refractivity contribution is 7.07. The SMILES string of the molecule is CC1(O)CCN(C(=O)Cc2ccsc2)C1. The molecule has 1 atom stereocenters. The summed E-state index contributed by atoms with van der Waals surface area (Å²) < 4.78 is 0. The highest BCUT2D eigenvalue weighted by Crippen LogP contribution is 2.21. The van der Waals surface area contributed by atoms with Crippen molar-refractivity contribution >= 4 is 17.2 Å². The Balaban J connectivity index is 1.93. The third-order valence-corrected chi connectivity index (χ3v) is 3.47. The number of hydrogen-bond donors (Lipinski definition) is 1. The van der Waals surface area contributed by atoms with Crippen molar-refractivity contribution in [3.63, 3.8) is 0 Å². The van der Waals surface area contributed by atoms with Crippen LogP contribution in [0.1, 0.15) is 18.9 Å². The molecule has 1 fully saturated rings. The van der Waals surface area contributed by atoms with E-state index in [4.69, 9.17) is 0 Å². The highest BCUT2D eigenvalue weighted by atomic mass is 32.1. The molecule has 1 amide bonds. The van der Waals surface area contributed by atoms with E-state index in [9.17, 15) is 9.90 Å². The Morgan fingerprint density at radius 3 is 3.07 bits per heavy atom. The molecule has 82 valence electrons. The Morgan fingerprint density at radius 1 is 1.73 bits per heavy atom. The highest BCUT2D eigenvalue weighted by Gasteiger charge is 2.33. The molecule has 0 radical (unpaired) electrons. The minimum absolute atomic E-state index is 0.117. The summed E-state index contributed by atoms with van der Waals surface area (Å²) in [7, 11) is 0. The number of carbonyl (C=O) groups is 1. The number of amides is 1. The van der Waals surface area contributed by atoms with Crippen molar-refractivity contribution in [2.75, 3.05) is 13.1 Å². The van der Waals surface area contributed by atoms with Crippen LogP contribution < -0.4 is 0 Å². The maximum atomic E-state index is 11.8. The first-order chi connectivity index (χ1) is 7.07. The zero-order valence-electron chi connectivity index (χ0n) is 8.77. The molecule has 1 aromatic rings. The van der Waals surface area contributed by atoms with E-state index in [0.717, 1.165) is 5.56 Å². The summed E-state index contributed by atoms with van der Waals surface area (Å²) in [6.07, 6.45) is 1.14. The van der Waals surface area contributed by atoms with Crippen LogP contribution in [0.15, 0.2) is 16.8 Å². The molecule has 1 N–H and O–H groups in total. The second-order valence-corrected chi connectivity index (χ2v) is 5.15. The van der Waals surface area contributed by atoms with Crippen LogP contribution in [0.3, 0.4) is 0 Å². The smallest absolute Gasteiger partial charge is 0.227 e. The number of nitrogens with zero attached hydrogens (tertiary/aromatic N) is 1. The van der Waals surface area contributed by atoms with Crippen LogP contribution in [-0.4, -0.2) is 34.6 Å². The molecule has 1 aliphatic heterocycles. The Hall–Kier alpha value is -0.870. The van der Waals surface area contributed by atoms with Crippen LogP contribution in [0, 0.1) is 0 Å². The van der Waals surface area contributed by atoms with Crippen molar-refractivity contribution in [2.24, 2.45) is 0 Å². The average molecular weight is 225 g/mol. The summed E-state index contributed by atoms with van der Waals surface area (Å²) in [6, 6.07) is 1.97. The summed E-state index contributed by atoms with van der Waals surface area (Å²) in [5, 5.41) is 13.7. The molecular formula is C11H15NO2S. The van der Waals surface area contributed by atoms with Crippen LogP contribution in [0.4, 0.5) is 0 Å². The van der Waals surface area contributed by atoms with Crippen LogP contribution in [0.2, 0.25) is 0 Å². The van der Waals surface area contributed by atoms with Crippen LogP contribution in [0.25, 0.3) is 0 Å². The minimum Gasteiger partial charge on any atom is -0.388 e. The van der Waals surface area contributed by atoms with E-state index < -0.39 is 5.60 Å². The molecule has 2 heterocycles. The zero-order chi connectivity index (χ0) is 10.9. The fourth-order valence-electron chi connectivity index (χ4n) is 1.84. The van der Waals surface area contributed by atoms with Gasteiger partial charge in [-0.15, -0.1) is 0 Å². The summed E-state index contributed by atoms with van der Waals surface area (Å²) in [6.45, 7) is 2.93. The van der Waals surface area contributed by atoms with E-state index >= 15 is 0 Å². The number of aliphatic hydroxyl groups is 1. The first-order valence-corrected chi connectivity index (χ1v) is 6.02. The molecule has 0 bridgehead atoms. The topological polar surface area (TPSA) is 40.5 Å². The summed E-state index contributed by atoms with van der Waals surface area (Å²) in [4.78, 5) is 13.6. The zero-order valence-corrected chi connectivity index (χ0v) is 9.59.